The summed E-state index contributed by atoms with van der Waals surface area (Å²) in [5, 5.41) is 4.17. The lowest BCUT2D eigenvalue weighted by Gasteiger charge is -2.18. The zero-order chi connectivity index (χ0) is 14.8. The Labute approximate surface area is 138 Å². The Balaban J connectivity index is 1.94. The predicted molar refractivity (Wildman–Crippen MR) is 101 cm³/mol. The summed E-state index contributed by atoms with van der Waals surface area (Å²) in [6, 6.07) is 22.1. The highest BCUT2D eigenvalue weighted by Gasteiger charge is 2.12. The van der Waals surface area contributed by atoms with Gasteiger partial charge < -0.3 is 0 Å². The molecule has 0 atom stereocenters. The first-order valence-electron chi connectivity index (χ1n) is 7.85. The molecule has 0 unspecified atom stereocenters. The first-order chi connectivity index (χ1) is 10.4. The molecule has 2 rings (SSSR count). The number of unbranched alkanes of at least 4 members (excludes halogenated alkanes) is 4. The van der Waals surface area contributed by atoms with Crippen LogP contribution in [0.15, 0.2) is 60.7 Å². The lowest BCUT2D eigenvalue weighted by atomic mass is 10.2. The van der Waals surface area contributed by atoms with Gasteiger partial charge in [-0.2, -0.15) is 0 Å². The summed E-state index contributed by atoms with van der Waals surface area (Å²) < 4.78 is 0. The summed E-state index contributed by atoms with van der Waals surface area (Å²) in [6.07, 6.45) is 8.07. The van der Waals surface area contributed by atoms with E-state index >= 15 is 0 Å². The highest BCUT2D eigenvalue weighted by Crippen LogP contribution is 2.34. The topological polar surface area (TPSA) is 0 Å². The standard InChI is InChI=1S/C19H24BrP/c20-16-10-2-1-3-11-17-21(18-12-6-4-7-13-18)19-14-8-5-9-15-19/h4-9,12-15H,1-3,10-11,16-17H2. The third-order valence-corrected chi connectivity index (χ3v) is 6.82. The second kappa shape index (κ2) is 10.1. The Morgan fingerprint density at radius 2 is 1.10 bits per heavy atom. The molecule has 2 aromatic rings. The number of hydrogen-bond acceptors (Lipinski definition) is 0. The number of halogens is 1. The number of rotatable bonds is 9. The van der Waals surface area contributed by atoms with Gasteiger partial charge in [0.1, 0.15) is 0 Å². The van der Waals surface area contributed by atoms with Gasteiger partial charge in [0.25, 0.3) is 0 Å². The maximum atomic E-state index is 3.51. The second-order valence-corrected chi connectivity index (χ2v) is 8.41. The minimum atomic E-state index is -0.185. The van der Waals surface area contributed by atoms with E-state index in [0.717, 1.165) is 5.33 Å². The summed E-state index contributed by atoms with van der Waals surface area (Å²) in [4.78, 5) is 0. The Morgan fingerprint density at radius 1 is 0.619 bits per heavy atom. The molecule has 21 heavy (non-hydrogen) atoms. The molecule has 0 nitrogen and oxygen atoms in total. The van der Waals surface area contributed by atoms with Crippen LogP contribution in [0.25, 0.3) is 0 Å². The van der Waals surface area contributed by atoms with E-state index in [9.17, 15) is 0 Å². The summed E-state index contributed by atoms with van der Waals surface area (Å²) in [5.74, 6) is 0. The van der Waals surface area contributed by atoms with E-state index in [1.54, 1.807) is 0 Å². The van der Waals surface area contributed by atoms with Crippen molar-refractivity contribution in [2.75, 3.05) is 11.5 Å². The maximum Gasteiger partial charge on any atom is 0.00313 e. The highest BCUT2D eigenvalue weighted by molar-refractivity contribution is 9.09. The monoisotopic (exact) mass is 362 g/mol. The molecule has 0 saturated carbocycles. The Hall–Kier alpha value is -0.650. The summed E-state index contributed by atoms with van der Waals surface area (Å²) in [6.45, 7) is 0. The van der Waals surface area contributed by atoms with E-state index in [4.69, 9.17) is 0 Å². The van der Waals surface area contributed by atoms with Gasteiger partial charge in [-0.25, -0.2) is 0 Å². The van der Waals surface area contributed by atoms with Crippen LogP contribution in [0.2, 0.25) is 0 Å². The van der Waals surface area contributed by atoms with Gasteiger partial charge in [0, 0.05) is 5.33 Å². The summed E-state index contributed by atoms with van der Waals surface area (Å²) in [5.41, 5.74) is 0. The molecule has 0 bridgehead atoms. The maximum absolute atomic E-state index is 3.51. The van der Waals surface area contributed by atoms with Crippen molar-refractivity contribution in [3.05, 3.63) is 60.7 Å². The molecule has 0 N–H and O–H groups in total. The SMILES string of the molecule is BrCCCCCCCP(c1ccccc1)c1ccccc1. The highest BCUT2D eigenvalue weighted by atomic mass is 79.9. The van der Waals surface area contributed by atoms with Gasteiger partial charge in [-0.15, -0.1) is 0 Å². The largest absolute Gasteiger partial charge is 0.0928 e. The second-order valence-electron chi connectivity index (χ2n) is 5.28. The molecule has 0 saturated heterocycles. The van der Waals surface area contributed by atoms with Crippen molar-refractivity contribution in [2.45, 2.75) is 32.1 Å². The van der Waals surface area contributed by atoms with Crippen molar-refractivity contribution in [3.63, 3.8) is 0 Å². The van der Waals surface area contributed by atoms with Crippen molar-refractivity contribution in [3.8, 4) is 0 Å². The van der Waals surface area contributed by atoms with Crippen LogP contribution in [-0.4, -0.2) is 11.5 Å². The fourth-order valence-corrected chi connectivity index (χ4v) is 5.33. The lowest BCUT2D eigenvalue weighted by molar-refractivity contribution is 0.663. The van der Waals surface area contributed by atoms with Crippen molar-refractivity contribution >= 4 is 34.5 Å². The van der Waals surface area contributed by atoms with Crippen LogP contribution in [0.1, 0.15) is 32.1 Å². The van der Waals surface area contributed by atoms with Gasteiger partial charge in [0.05, 0.1) is 0 Å². The van der Waals surface area contributed by atoms with Gasteiger partial charge in [0.2, 0.25) is 0 Å². The number of alkyl halides is 1. The minimum Gasteiger partial charge on any atom is -0.0928 e. The third-order valence-electron chi connectivity index (χ3n) is 3.65. The zero-order valence-electron chi connectivity index (χ0n) is 12.5. The van der Waals surface area contributed by atoms with E-state index in [1.165, 1.54) is 48.9 Å². The molecule has 0 amide bonds. The van der Waals surface area contributed by atoms with Gasteiger partial charge in [-0.3, -0.25) is 0 Å². The van der Waals surface area contributed by atoms with E-state index in [-0.39, 0.29) is 7.92 Å². The molecule has 0 heterocycles. The lowest BCUT2D eigenvalue weighted by Crippen LogP contribution is -2.13. The fraction of sp³-hybridized carbons (Fsp3) is 0.368. The molecule has 2 heteroatoms. The first kappa shape index (κ1) is 16.7. The van der Waals surface area contributed by atoms with E-state index in [1.807, 2.05) is 0 Å². The van der Waals surface area contributed by atoms with E-state index < -0.39 is 0 Å². The molecule has 112 valence electrons. The average Bonchev–Trinajstić information content (AvgIpc) is 2.56. The van der Waals surface area contributed by atoms with E-state index in [0.29, 0.717) is 0 Å². The summed E-state index contributed by atoms with van der Waals surface area (Å²) in [7, 11) is -0.185. The van der Waals surface area contributed by atoms with Crippen LogP contribution in [0.5, 0.6) is 0 Å². The molecule has 0 aliphatic heterocycles. The number of hydrogen-bond donors (Lipinski definition) is 0. The molecule has 0 aliphatic rings. The van der Waals surface area contributed by atoms with Crippen LogP contribution in [-0.2, 0) is 0 Å². The molecule has 0 aromatic heterocycles. The van der Waals surface area contributed by atoms with Crippen molar-refractivity contribution in [1.29, 1.82) is 0 Å². The summed E-state index contributed by atoms with van der Waals surface area (Å²) >= 11 is 3.51. The smallest absolute Gasteiger partial charge is 0.00313 e. The predicted octanol–water partition coefficient (Wildman–Crippen LogP) is 5.46. The molecule has 0 spiro atoms. The van der Waals surface area contributed by atoms with Crippen molar-refractivity contribution in [1.82, 2.24) is 0 Å². The Bertz CT molecular complexity index is 444. The molecule has 0 aliphatic carbocycles. The van der Waals surface area contributed by atoms with Crippen molar-refractivity contribution in [2.24, 2.45) is 0 Å². The molecular formula is C19H24BrP. The quantitative estimate of drug-likeness (QED) is 0.315. The van der Waals surface area contributed by atoms with Gasteiger partial charge >= 0.3 is 0 Å². The van der Waals surface area contributed by atoms with Crippen LogP contribution in [0, 0.1) is 0 Å². The normalized spacial score (nSPS) is 11.0. The van der Waals surface area contributed by atoms with Crippen molar-refractivity contribution < 1.29 is 0 Å². The fourth-order valence-electron chi connectivity index (χ4n) is 2.52. The molecular weight excluding hydrogens is 339 g/mol. The van der Waals surface area contributed by atoms with Gasteiger partial charge in [-0.1, -0.05) is 95.9 Å². The van der Waals surface area contributed by atoms with Crippen LogP contribution in [0.4, 0.5) is 0 Å². The van der Waals surface area contributed by atoms with Crippen LogP contribution < -0.4 is 10.6 Å². The molecule has 0 fully saturated rings. The third kappa shape index (κ3) is 5.93. The van der Waals surface area contributed by atoms with Gasteiger partial charge in [0.15, 0.2) is 0 Å². The first-order valence-corrected chi connectivity index (χ1v) is 10.5. The Morgan fingerprint density at radius 3 is 1.62 bits per heavy atom. The average molecular weight is 363 g/mol. The van der Waals surface area contributed by atoms with E-state index in [2.05, 4.69) is 76.6 Å². The van der Waals surface area contributed by atoms with Crippen LogP contribution >= 0.6 is 23.9 Å². The number of benzene rings is 2. The minimum absolute atomic E-state index is 0.185. The van der Waals surface area contributed by atoms with Crippen LogP contribution in [0.3, 0.4) is 0 Å². The Kier molecular flexibility index (Phi) is 8.07. The molecule has 2 aromatic carbocycles. The molecule has 0 radical (unpaired) electrons. The zero-order valence-corrected chi connectivity index (χ0v) is 15.0. The van der Waals surface area contributed by atoms with Gasteiger partial charge in [-0.05, 0) is 37.5 Å².